The van der Waals surface area contributed by atoms with Crippen LogP contribution in [0.4, 0.5) is 0 Å². The van der Waals surface area contributed by atoms with E-state index in [-0.39, 0.29) is 0 Å². The summed E-state index contributed by atoms with van der Waals surface area (Å²) in [7, 11) is 0. The third kappa shape index (κ3) is 5.75. The summed E-state index contributed by atoms with van der Waals surface area (Å²) in [5, 5.41) is 15.0. The highest BCUT2D eigenvalue weighted by Gasteiger charge is 2.03. The molecule has 7 heteroatoms. The van der Waals surface area contributed by atoms with E-state index >= 15 is 0 Å². The number of aromatic nitrogens is 5. The van der Waals surface area contributed by atoms with Gasteiger partial charge in [-0.25, -0.2) is 4.98 Å². The fourth-order valence-electron chi connectivity index (χ4n) is 3.73. The van der Waals surface area contributed by atoms with Gasteiger partial charge in [0.05, 0.1) is 17.8 Å². The number of rotatable bonds is 10. The SMILES string of the molecule is c1cc(CCc2ccc(OCCc3nn[nH]n3)cc2)cc(OCc2ccc3ccccc3n2)c1. The molecule has 5 aromatic rings. The molecule has 170 valence electrons. The Morgan fingerprint density at radius 2 is 1.59 bits per heavy atom. The van der Waals surface area contributed by atoms with Gasteiger partial charge in [0, 0.05) is 11.8 Å². The van der Waals surface area contributed by atoms with Crippen LogP contribution >= 0.6 is 0 Å². The van der Waals surface area contributed by atoms with E-state index in [0.717, 1.165) is 40.9 Å². The summed E-state index contributed by atoms with van der Waals surface area (Å²) >= 11 is 0. The quantitative estimate of drug-likeness (QED) is 0.330. The van der Waals surface area contributed by atoms with E-state index in [2.05, 4.69) is 62.0 Å². The Labute approximate surface area is 197 Å². The zero-order chi connectivity index (χ0) is 23.0. The first kappa shape index (κ1) is 21.6. The zero-order valence-electron chi connectivity index (χ0n) is 18.7. The van der Waals surface area contributed by atoms with Crippen molar-refractivity contribution >= 4 is 10.9 Å². The van der Waals surface area contributed by atoms with Gasteiger partial charge < -0.3 is 9.47 Å². The predicted octanol–water partition coefficient (Wildman–Crippen LogP) is 4.73. The topological polar surface area (TPSA) is 85.8 Å². The summed E-state index contributed by atoms with van der Waals surface area (Å²) in [6.07, 6.45) is 2.50. The van der Waals surface area contributed by atoms with Crippen LogP contribution in [0.15, 0.2) is 84.9 Å². The molecule has 0 amide bonds. The number of nitrogens with zero attached hydrogens (tertiary/aromatic N) is 4. The zero-order valence-corrected chi connectivity index (χ0v) is 18.7. The molecule has 0 spiro atoms. The number of tetrazole rings is 1. The molecule has 1 N–H and O–H groups in total. The minimum absolute atomic E-state index is 0.447. The molecule has 7 nitrogen and oxygen atoms in total. The molecule has 2 heterocycles. The maximum Gasteiger partial charge on any atom is 0.177 e. The number of ether oxygens (including phenoxy) is 2. The Morgan fingerprint density at radius 1 is 0.706 bits per heavy atom. The lowest BCUT2D eigenvalue weighted by molar-refractivity contribution is 0.301. The molecule has 0 saturated heterocycles. The molecule has 0 fully saturated rings. The first-order valence-electron chi connectivity index (χ1n) is 11.3. The van der Waals surface area contributed by atoms with Gasteiger partial charge in [0.2, 0.25) is 0 Å². The van der Waals surface area contributed by atoms with Gasteiger partial charge in [-0.3, -0.25) is 0 Å². The number of benzene rings is 3. The van der Waals surface area contributed by atoms with Gasteiger partial charge in [-0.15, -0.1) is 10.2 Å². The van der Waals surface area contributed by atoms with Crippen molar-refractivity contribution in [2.75, 3.05) is 6.61 Å². The third-order valence-electron chi connectivity index (χ3n) is 5.55. The van der Waals surface area contributed by atoms with Gasteiger partial charge in [0.15, 0.2) is 5.82 Å². The van der Waals surface area contributed by atoms with Crippen molar-refractivity contribution in [1.82, 2.24) is 25.6 Å². The highest BCUT2D eigenvalue weighted by Crippen LogP contribution is 2.19. The van der Waals surface area contributed by atoms with E-state index in [1.54, 1.807) is 0 Å². The Kier molecular flexibility index (Phi) is 6.71. The summed E-state index contributed by atoms with van der Waals surface area (Å²) in [6, 6.07) is 28.7. The van der Waals surface area contributed by atoms with Crippen LogP contribution < -0.4 is 9.47 Å². The average molecular weight is 452 g/mol. The molecule has 2 aromatic heterocycles. The molecular weight excluding hydrogens is 426 g/mol. The van der Waals surface area contributed by atoms with Crippen LogP contribution in [0.5, 0.6) is 11.5 Å². The van der Waals surface area contributed by atoms with Crippen molar-refractivity contribution < 1.29 is 9.47 Å². The summed E-state index contributed by atoms with van der Waals surface area (Å²) < 4.78 is 11.8. The number of aryl methyl sites for hydroxylation is 2. The van der Waals surface area contributed by atoms with Crippen LogP contribution in [0, 0.1) is 0 Å². The number of H-pyrrole nitrogens is 1. The standard InChI is InChI=1S/C27H25N5O2/c1-2-7-26-22(5-1)12-13-23(28-26)19-34-25-6-3-4-21(18-25)9-8-20-10-14-24(15-11-20)33-17-16-27-29-31-32-30-27/h1-7,10-15,18H,8-9,16-17,19H2,(H,29,30,31,32). The van der Waals surface area contributed by atoms with Crippen molar-refractivity contribution in [2.45, 2.75) is 25.9 Å². The Hall–Kier alpha value is -4.26. The number of aromatic amines is 1. The summed E-state index contributed by atoms with van der Waals surface area (Å²) in [5.74, 6) is 2.35. The van der Waals surface area contributed by atoms with Crippen molar-refractivity contribution in [1.29, 1.82) is 0 Å². The molecule has 0 atom stereocenters. The van der Waals surface area contributed by atoms with Crippen molar-refractivity contribution in [3.8, 4) is 11.5 Å². The molecule has 34 heavy (non-hydrogen) atoms. The van der Waals surface area contributed by atoms with Gasteiger partial charge in [0.25, 0.3) is 0 Å². The smallest absolute Gasteiger partial charge is 0.177 e. The summed E-state index contributed by atoms with van der Waals surface area (Å²) in [4.78, 5) is 4.68. The molecule has 3 aromatic carbocycles. The Balaban J connectivity index is 1.11. The second-order valence-corrected chi connectivity index (χ2v) is 8.00. The summed E-state index contributed by atoms with van der Waals surface area (Å²) in [5.41, 5.74) is 4.41. The Bertz CT molecular complexity index is 1340. The fourth-order valence-corrected chi connectivity index (χ4v) is 3.73. The molecule has 0 aliphatic heterocycles. The predicted molar refractivity (Wildman–Crippen MR) is 130 cm³/mol. The number of fused-ring (bicyclic) bond motifs is 1. The molecule has 0 bridgehead atoms. The Morgan fingerprint density at radius 3 is 2.47 bits per heavy atom. The minimum Gasteiger partial charge on any atom is -0.493 e. The molecule has 0 radical (unpaired) electrons. The normalized spacial score (nSPS) is 10.9. The molecule has 0 aliphatic rings. The van der Waals surface area contributed by atoms with Gasteiger partial charge in [-0.1, -0.05) is 53.7 Å². The van der Waals surface area contributed by atoms with Crippen LogP contribution in [0.3, 0.4) is 0 Å². The lowest BCUT2D eigenvalue weighted by atomic mass is 10.0. The molecule has 0 aliphatic carbocycles. The van der Waals surface area contributed by atoms with Crippen molar-refractivity contribution in [2.24, 2.45) is 0 Å². The van der Waals surface area contributed by atoms with Gasteiger partial charge in [0.1, 0.15) is 18.1 Å². The van der Waals surface area contributed by atoms with E-state index in [4.69, 9.17) is 9.47 Å². The van der Waals surface area contributed by atoms with E-state index in [1.807, 2.05) is 48.5 Å². The number of hydrogen-bond acceptors (Lipinski definition) is 6. The van der Waals surface area contributed by atoms with Crippen molar-refractivity contribution in [3.63, 3.8) is 0 Å². The van der Waals surface area contributed by atoms with Crippen LogP contribution in [-0.4, -0.2) is 32.2 Å². The molecule has 5 rings (SSSR count). The monoisotopic (exact) mass is 451 g/mol. The summed E-state index contributed by atoms with van der Waals surface area (Å²) in [6.45, 7) is 0.961. The lowest BCUT2D eigenvalue weighted by Gasteiger charge is -2.09. The van der Waals surface area contributed by atoms with E-state index in [0.29, 0.717) is 25.5 Å². The third-order valence-corrected chi connectivity index (χ3v) is 5.55. The second-order valence-electron chi connectivity index (χ2n) is 8.00. The van der Waals surface area contributed by atoms with E-state index < -0.39 is 0 Å². The molecule has 0 saturated carbocycles. The van der Waals surface area contributed by atoms with E-state index in [9.17, 15) is 0 Å². The number of nitrogens with one attached hydrogen (secondary N) is 1. The van der Waals surface area contributed by atoms with Gasteiger partial charge in [-0.2, -0.15) is 5.21 Å². The number of pyridine rings is 1. The van der Waals surface area contributed by atoms with E-state index in [1.165, 1.54) is 11.1 Å². The van der Waals surface area contributed by atoms with Crippen LogP contribution in [0.25, 0.3) is 10.9 Å². The minimum atomic E-state index is 0.447. The van der Waals surface area contributed by atoms with Gasteiger partial charge in [-0.05, 0) is 60.4 Å². The highest BCUT2D eigenvalue weighted by molar-refractivity contribution is 5.78. The molecule has 0 unspecified atom stereocenters. The largest absolute Gasteiger partial charge is 0.493 e. The maximum atomic E-state index is 6.02. The van der Waals surface area contributed by atoms with Gasteiger partial charge >= 0.3 is 0 Å². The first-order valence-corrected chi connectivity index (χ1v) is 11.3. The number of hydrogen-bond donors (Lipinski definition) is 1. The fraction of sp³-hybridized carbons (Fsp3) is 0.185. The van der Waals surface area contributed by atoms with Crippen LogP contribution in [0.2, 0.25) is 0 Å². The second kappa shape index (κ2) is 10.6. The van der Waals surface area contributed by atoms with Crippen LogP contribution in [0.1, 0.15) is 22.6 Å². The van der Waals surface area contributed by atoms with Crippen molar-refractivity contribution in [3.05, 3.63) is 108 Å². The first-order chi connectivity index (χ1) is 16.8. The lowest BCUT2D eigenvalue weighted by Crippen LogP contribution is -2.03. The molecular formula is C27H25N5O2. The van der Waals surface area contributed by atoms with Crippen LogP contribution in [-0.2, 0) is 25.9 Å². The average Bonchev–Trinajstić information content (AvgIpc) is 3.41. The maximum absolute atomic E-state index is 6.02. The number of para-hydroxylation sites is 1. The highest BCUT2D eigenvalue weighted by atomic mass is 16.5.